The topological polar surface area (TPSA) is 101 Å². The first-order chi connectivity index (χ1) is 26.3. The van der Waals surface area contributed by atoms with Gasteiger partial charge in [-0.2, -0.15) is 0 Å². The van der Waals surface area contributed by atoms with Crippen LogP contribution in [0.1, 0.15) is 54.6 Å². The van der Waals surface area contributed by atoms with Gasteiger partial charge in [-0.05, 0) is 53.9 Å². The Hall–Kier alpha value is -5.87. The van der Waals surface area contributed by atoms with Crippen molar-refractivity contribution in [3.63, 3.8) is 0 Å². The summed E-state index contributed by atoms with van der Waals surface area (Å²) >= 11 is 0. The Morgan fingerprint density at radius 1 is 0.796 bits per heavy atom. The summed E-state index contributed by atoms with van der Waals surface area (Å²) in [5, 5.41) is 0. The maximum Gasteiger partial charge on any atom is 0.244 e. The lowest BCUT2D eigenvalue weighted by Crippen LogP contribution is -2.40. The summed E-state index contributed by atoms with van der Waals surface area (Å²) in [5.41, 5.74) is 7.66. The zero-order chi connectivity index (χ0) is 37.6. The molecule has 1 aliphatic rings. The van der Waals surface area contributed by atoms with Crippen molar-refractivity contribution in [2.45, 2.75) is 51.0 Å². The first kappa shape index (κ1) is 36.5. The molecule has 2 amide bonds. The SMILES string of the molecule is CCCN(Cc1ncc(-c2ccc(-c3ccc(-c4cnc([C@@H]5C[C@H](F)CN5C(=O)Cc5ccccc5)[nH]4)cc3)cc2)[nH]1)C(=O)[C@@H](c1ccccc1)N(C)C. The van der Waals surface area contributed by atoms with Crippen LogP contribution in [0.15, 0.2) is 122 Å². The highest BCUT2D eigenvalue weighted by Crippen LogP contribution is 2.34. The smallest absolute Gasteiger partial charge is 0.244 e. The van der Waals surface area contributed by atoms with E-state index in [2.05, 4.69) is 63.3 Å². The van der Waals surface area contributed by atoms with Crippen LogP contribution in [-0.4, -0.2) is 79.8 Å². The maximum atomic E-state index is 14.6. The van der Waals surface area contributed by atoms with Gasteiger partial charge >= 0.3 is 0 Å². The molecule has 2 aromatic heterocycles. The predicted octanol–water partition coefficient (Wildman–Crippen LogP) is 8.03. The van der Waals surface area contributed by atoms with Crippen LogP contribution in [0.5, 0.6) is 0 Å². The number of benzene rings is 4. The summed E-state index contributed by atoms with van der Waals surface area (Å²) in [5.74, 6) is 1.29. The van der Waals surface area contributed by atoms with E-state index in [1.165, 1.54) is 0 Å². The van der Waals surface area contributed by atoms with E-state index in [-0.39, 0.29) is 37.2 Å². The number of carbonyl (C=O) groups excluding carboxylic acids is 2. The molecule has 0 unspecified atom stereocenters. The van der Waals surface area contributed by atoms with Gasteiger partial charge < -0.3 is 19.8 Å². The monoisotopic (exact) mass is 723 g/mol. The van der Waals surface area contributed by atoms with Crippen LogP contribution in [0.2, 0.25) is 0 Å². The minimum Gasteiger partial charge on any atom is -0.341 e. The Bertz CT molecular complexity index is 2150. The molecule has 0 spiro atoms. The third-order valence-corrected chi connectivity index (χ3v) is 10.0. The molecule has 6 aromatic rings. The summed E-state index contributed by atoms with van der Waals surface area (Å²) in [6, 6.07) is 35.1. The number of hydrogen-bond acceptors (Lipinski definition) is 5. The fraction of sp³-hybridized carbons (Fsp3) is 0.273. The average Bonchev–Trinajstić information content (AvgIpc) is 3.96. The van der Waals surface area contributed by atoms with Crippen LogP contribution < -0.4 is 0 Å². The van der Waals surface area contributed by atoms with Crippen LogP contribution in [0.3, 0.4) is 0 Å². The molecule has 0 saturated carbocycles. The van der Waals surface area contributed by atoms with Crippen LogP contribution in [0.25, 0.3) is 33.6 Å². The molecule has 54 heavy (non-hydrogen) atoms. The van der Waals surface area contributed by atoms with E-state index in [1.807, 2.05) is 103 Å². The van der Waals surface area contributed by atoms with Gasteiger partial charge in [-0.1, -0.05) is 116 Å². The standard InChI is InChI=1S/C44H46FN7O2/c1-4-23-51(44(54)42(50(2)3)35-13-9-6-10-14-35)29-40-46-26-37(48-40)33-19-15-31(16-20-33)32-17-21-34(22-18-32)38-27-47-43(49-38)39-25-36(45)28-52(39)41(53)24-30-11-7-5-8-12-30/h5-22,26-27,36,39,42H,4,23-25,28-29H2,1-3H3,(H,46,48)(H,47,49)/t36-,39-,42+/m0/s1. The Morgan fingerprint density at radius 3 is 1.98 bits per heavy atom. The summed E-state index contributed by atoms with van der Waals surface area (Å²) in [6.07, 6.45) is 3.80. The van der Waals surface area contributed by atoms with E-state index in [0.29, 0.717) is 18.9 Å². The number of carbonyl (C=O) groups is 2. The van der Waals surface area contributed by atoms with E-state index in [1.54, 1.807) is 11.1 Å². The molecule has 1 aliphatic heterocycles. The summed E-state index contributed by atoms with van der Waals surface area (Å²) in [7, 11) is 3.87. The Balaban J connectivity index is 0.998. The molecule has 3 heterocycles. The quantitative estimate of drug-likeness (QED) is 0.126. The van der Waals surface area contributed by atoms with Crippen molar-refractivity contribution in [1.29, 1.82) is 0 Å². The summed E-state index contributed by atoms with van der Waals surface area (Å²) in [4.78, 5) is 48.4. The zero-order valence-electron chi connectivity index (χ0n) is 31.0. The minimum atomic E-state index is -1.09. The van der Waals surface area contributed by atoms with Gasteiger partial charge in [-0.25, -0.2) is 14.4 Å². The molecular formula is C44H46FN7O2. The molecule has 276 valence electrons. The van der Waals surface area contributed by atoms with E-state index in [4.69, 9.17) is 0 Å². The molecule has 3 atom stereocenters. The number of amides is 2. The second-order valence-electron chi connectivity index (χ2n) is 14.2. The number of H-pyrrole nitrogens is 2. The van der Waals surface area contributed by atoms with Crippen LogP contribution >= 0.6 is 0 Å². The van der Waals surface area contributed by atoms with Gasteiger partial charge in [0.15, 0.2) is 0 Å². The molecule has 9 nitrogen and oxygen atoms in total. The Labute approximate surface area is 315 Å². The Kier molecular flexibility index (Phi) is 11.1. The van der Waals surface area contributed by atoms with E-state index < -0.39 is 12.2 Å². The molecular weight excluding hydrogens is 678 g/mol. The van der Waals surface area contributed by atoms with Crippen molar-refractivity contribution in [1.82, 2.24) is 34.6 Å². The largest absolute Gasteiger partial charge is 0.341 e. The minimum absolute atomic E-state index is 0.0516. The number of likely N-dealkylation sites (tertiary alicyclic amines) is 1. The number of alkyl halides is 1. The second kappa shape index (κ2) is 16.4. The number of hydrogen-bond donors (Lipinski definition) is 2. The van der Waals surface area contributed by atoms with Crippen LogP contribution in [0, 0.1) is 0 Å². The first-order valence-corrected chi connectivity index (χ1v) is 18.5. The number of imidazole rings is 2. The van der Waals surface area contributed by atoms with Gasteiger partial charge in [-0.15, -0.1) is 0 Å². The van der Waals surface area contributed by atoms with Crippen molar-refractivity contribution < 1.29 is 14.0 Å². The van der Waals surface area contributed by atoms with E-state index in [0.717, 1.165) is 57.0 Å². The lowest BCUT2D eigenvalue weighted by molar-refractivity contribution is -0.137. The van der Waals surface area contributed by atoms with Crippen molar-refractivity contribution in [3.05, 3.63) is 144 Å². The highest BCUT2D eigenvalue weighted by atomic mass is 19.1. The highest BCUT2D eigenvalue weighted by Gasteiger charge is 2.38. The third kappa shape index (κ3) is 8.19. The molecule has 1 saturated heterocycles. The van der Waals surface area contributed by atoms with Gasteiger partial charge in [0.25, 0.3) is 0 Å². The zero-order valence-corrected chi connectivity index (χ0v) is 31.0. The van der Waals surface area contributed by atoms with Gasteiger partial charge in [0.05, 0.1) is 49.3 Å². The van der Waals surface area contributed by atoms with Gasteiger partial charge in [0.2, 0.25) is 11.8 Å². The van der Waals surface area contributed by atoms with E-state index in [9.17, 15) is 14.0 Å². The summed E-state index contributed by atoms with van der Waals surface area (Å²) in [6.45, 7) is 3.19. The maximum absolute atomic E-state index is 14.6. The molecule has 0 aliphatic carbocycles. The lowest BCUT2D eigenvalue weighted by atomic mass is 10.0. The number of aromatic nitrogens is 4. The fourth-order valence-corrected chi connectivity index (χ4v) is 7.31. The molecule has 10 heteroatoms. The molecule has 2 N–H and O–H groups in total. The van der Waals surface area contributed by atoms with Crippen molar-refractivity contribution in [2.24, 2.45) is 0 Å². The van der Waals surface area contributed by atoms with Crippen molar-refractivity contribution in [2.75, 3.05) is 27.2 Å². The number of nitrogens with one attached hydrogen (secondary N) is 2. The van der Waals surface area contributed by atoms with Crippen LogP contribution in [0.4, 0.5) is 4.39 Å². The highest BCUT2D eigenvalue weighted by molar-refractivity contribution is 5.83. The molecule has 4 aromatic carbocycles. The van der Waals surface area contributed by atoms with Gasteiger partial charge in [0, 0.05) is 13.0 Å². The summed E-state index contributed by atoms with van der Waals surface area (Å²) < 4.78 is 14.6. The molecule has 1 fully saturated rings. The molecule has 7 rings (SSSR count). The fourth-order valence-electron chi connectivity index (χ4n) is 7.31. The van der Waals surface area contributed by atoms with Gasteiger partial charge in [-0.3, -0.25) is 14.5 Å². The normalized spacial score (nSPS) is 16.1. The van der Waals surface area contributed by atoms with Crippen molar-refractivity contribution >= 4 is 11.8 Å². The Morgan fingerprint density at radius 2 is 1.37 bits per heavy atom. The predicted molar refractivity (Wildman–Crippen MR) is 210 cm³/mol. The number of likely N-dealkylation sites (N-methyl/N-ethyl adjacent to an activating group) is 1. The molecule has 0 radical (unpaired) electrons. The van der Waals surface area contributed by atoms with Crippen molar-refractivity contribution in [3.8, 4) is 33.6 Å². The van der Waals surface area contributed by atoms with E-state index >= 15 is 0 Å². The number of halogens is 1. The number of aromatic amines is 2. The second-order valence-corrected chi connectivity index (χ2v) is 14.2. The first-order valence-electron chi connectivity index (χ1n) is 18.5. The number of rotatable bonds is 13. The molecule has 0 bridgehead atoms. The lowest BCUT2D eigenvalue weighted by Gasteiger charge is -2.30. The van der Waals surface area contributed by atoms with Crippen LogP contribution in [-0.2, 0) is 22.6 Å². The average molecular weight is 724 g/mol. The number of nitrogens with zero attached hydrogens (tertiary/aromatic N) is 5. The third-order valence-electron chi connectivity index (χ3n) is 10.0. The van der Waals surface area contributed by atoms with Gasteiger partial charge in [0.1, 0.15) is 23.9 Å².